The van der Waals surface area contributed by atoms with Crippen molar-refractivity contribution in [3.8, 4) is 17.4 Å². The zero-order valence-electron chi connectivity index (χ0n) is 41.9. The lowest BCUT2D eigenvalue weighted by Gasteiger charge is -2.42. The highest BCUT2D eigenvalue weighted by Crippen LogP contribution is 2.49. The van der Waals surface area contributed by atoms with Crippen LogP contribution in [-0.4, -0.2) is 94.4 Å². The number of methoxy groups -OCH3 is 2. The Hall–Kier alpha value is -8.38. The number of nitrogens with zero attached hydrogens (tertiary/aromatic N) is 4. The number of anilines is 1. The molecule has 6 aromatic carbocycles. The molecule has 17 heteroatoms. The van der Waals surface area contributed by atoms with Crippen molar-refractivity contribution >= 4 is 56.6 Å². The fourth-order valence-corrected chi connectivity index (χ4v) is 10.4. The van der Waals surface area contributed by atoms with E-state index in [1.165, 1.54) is 20.8 Å². The van der Waals surface area contributed by atoms with Gasteiger partial charge in [-0.15, -0.1) is 0 Å². The highest BCUT2D eigenvalue weighted by molar-refractivity contribution is 6.10. The zero-order chi connectivity index (χ0) is 52.4. The van der Waals surface area contributed by atoms with Gasteiger partial charge in [-0.3, -0.25) is 19.0 Å². The number of carbonyl (C=O) groups is 3. The molecule has 1 aliphatic heterocycles. The maximum absolute atomic E-state index is 13.2. The summed E-state index contributed by atoms with van der Waals surface area (Å²) in [6, 6.07) is 39.7. The predicted molar refractivity (Wildman–Crippen MR) is 277 cm³/mol. The molecule has 2 N–H and O–H groups in total. The molecule has 17 nitrogen and oxygen atoms in total. The van der Waals surface area contributed by atoms with Crippen LogP contribution < -0.4 is 19.5 Å². The summed E-state index contributed by atoms with van der Waals surface area (Å²) in [4.78, 5) is 53.5. The van der Waals surface area contributed by atoms with Gasteiger partial charge in [-0.2, -0.15) is 9.97 Å². The van der Waals surface area contributed by atoms with E-state index < -0.39 is 66.3 Å². The summed E-state index contributed by atoms with van der Waals surface area (Å²) < 4.78 is 50.8. The summed E-state index contributed by atoms with van der Waals surface area (Å²) in [7, 11) is 3.23. The second kappa shape index (κ2) is 21.2. The molecule has 2 aliphatic rings. The molecule has 0 unspecified atom stereocenters. The van der Waals surface area contributed by atoms with Gasteiger partial charge in [0.25, 0.3) is 0 Å². The zero-order valence-corrected chi connectivity index (χ0v) is 41.9. The van der Waals surface area contributed by atoms with Gasteiger partial charge in [0.2, 0.25) is 11.8 Å². The molecule has 384 valence electrons. The van der Waals surface area contributed by atoms with Crippen molar-refractivity contribution in [2.75, 3.05) is 32.8 Å². The molecule has 0 saturated carbocycles. The molecular weight excluding hydrogens is 959 g/mol. The van der Waals surface area contributed by atoms with E-state index >= 15 is 0 Å². The SMILES string of the molecule is C=CCOc1nc(N[C@H]2c3c(ccc4ccc5ccccc5c34)[C@H](OC(C)=O)[C@@H](OC(C)=O)[C@@H]2OC(C)=O)nc2c1ncn2[C@H]1C[C@H](O)[C@@H](COC(c2ccccc2)(c2ccc(OC)cc2)c2ccc(OC)cc2)O1. The van der Waals surface area contributed by atoms with Crippen LogP contribution in [0, 0.1) is 0 Å². The minimum absolute atomic E-state index is 0.00576. The number of carbonyl (C=O) groups excluding carboxylic acids is 3. The first-order valence-corrected chi connectivity index (χ1v) is 24.4. The van der Waals surface area contributed by atoms with Crippen LogP contribution in [-0.2, 0) is 43.7 Å². The largest absolute Gasteiger partial charge is 0.497 e. The minimum atomic E-state index is -1.32. The Morgan fingerprint density at radius 1 is 0.760 bits per heavy atom. The number of ether oxygens (including phenoxy) is 8. The van der Waals surface area contributed by atoms with Gasteiger partial charge < -0.3 is 48.3 Å². The van der Waals surface area contributed by atoms with Crippen molar-refractivity contribution in [1.29, 1.82) is 0 Å². The normalized spacial score (nSPS) is 20.3. The molecule has 0 spiro atoms. The van der Waals surface area contributed by atoms with E-state index in [4.69, 9.17) is 52.8 Å². The monoisotopic (exact) mass is 1010 g/mol. The Bertz CT molecular complexity index is 3360. The number of imidazole rings is 1. The molecular formula is C58H55N5O12. The Morgan fingerprint density at radius 3 is 2.03 bits per heavy atom. The van der Waals surface area contributed by atoms with E-state index in [-0.39, 0.29) is 42.6 Å². The first-order valence-electron chi connectivity index (χ1n) is 24.4. The number of aliphatic hydroxyl groups is 1. The number of hydrogen-bond acceptors (Lipinski definition) is 16. The van der Waals surface area contributed by atoms with Gasteiger partial charge in [-0.25, -0.2) is 4.98 Å². The number of aliphatic hydroxyl groups excluding tert-OH is 1. The number of hydrogen-bond donors (Lipinski definition) is 2. The van der Waals surface area contributed by atoms with Gasteiger partial charge in [0.1, 0.15) is 36.0 Å². The summed E-state index contributed by atoms with van der Waals surface area (Å²) in [6.07, 6.45) is -3.21. The molecule has 3 heterocycles. The number of esters is 3. The van der Waals surface area contributed by atoms with Crippen molar-refractivity contribution in [2.45, 2.75) is 75.6 Å². The Morgan fingerprint density at radius 2 is 1.37 bits per heavy atom. The van der Waals surface area contributed by atoms with Crippen LogP contribution in [0.5, 0.6) is 17.4 Å². The maximum Gasteiger partial charge on any atom is 0.303 e. The minimum Gasteiger partial charge on any atom is -0.497 e. The van der Waals surface area contributed by atoms with Crippen LogP contribution >= 0.6 is 0 Å². The third kappa shape index (κ3) is 9.68. The van der Waals surface area contributed by atoms with Crippen molar-refractivity contribution in [1.82, 2.24) is 19.5 Å². The van der Waals surface area contributed by atoms with Crippen LogP contribution in [0.4, 0.5) is 5.95 Å². The van der Waals surface area contributed by atoms with E-state index in [1.807, 2.05) is 127 Å². The van der Waals surface area contributed by atoms with Crippen LogP contribution in [0.2, 0.25) is 0 Å². The molecule has 0 bridgehead atoms. The highest BCUT2D eigenvalue weighted by Gasteiger charge is 2.50. The van der Waals surface area contributed by atoms with E-state index in [0.29, 0.717) is 22.6 Å². The number of benzene rings is 6. The highest BCUT2D eigenvalue weighted by atomic mass is 16.6. The lowest BCUT2D eigenvalue weighted by atomic mass is 9.77. The fourth-order valence-electron chi connectivity index (χ4n) is 10.4. The van der Waals surface area contributed by atoms with E-state index in [2.05, 4.69) is 11.9 Å². The van der Waals surface area contributed by atoms with Crippen LogP contribution in [0.3, 0.4) is 0 Å². The van der Waals surface area contributed by atoms with E-state index in [9.17, 15) is 19.5 Å². The Labute approximate surface area is 431 Å². The number of aromatic nitrogens is 4. The third-order valence-corrected chi connectivity index (χ3v) is 13.6. The summed E-state index contributed by atoms with van der Waals surface area (Å²) in [6.45, 7) is 7.57. The standard InChI is InChI=1S/C58H55N5O12/c1-7-29-70-56-51-55(61-57(62-56)60-50-49-44(28-19-37-18-17-36-13-11-12-16-43(36)48(37)49)52(72-33(2)64)54(74-35(4)66)53(50)73-34(3)65)63(32-59-51)47-30-45(67)46(75-47)31-71-58(38-14-9-8-10-15-38,39-20-24-41(68-5)25-21-39)40-22-26-42(69-6)27-23-40/h7-28,32,45-47,50,52-54,67H,1,29-31H2,2-6H3,(H,60,61,62)/t45-,46+,47+,50-,52-,53+,54+/m0/s1. The van der Waals surface area contributed by atoms with Crippen molar-refractivity contribution < 1.29 is 57.4 Å². The molecule has 0 amide bonds. The summed E-state index contributed by atoms with van der Waals surface area (Å²) in [5.41, 5.74) is 2.95. The maximum atomic E-state index is 13.2. The average Bonchev–Trinajstić information content (AvgIpc) is 4.02. The van der Waals surface area contributed by atoms with Gasteiger partial charge in [0.05, 0.1) is 39.3 Å². The molecule has 10 rings (SSSR count). The first-order chi connectivity index (χ1) is 36.4. The lowest BCUT2D eigenvalue weighted by Crippen LogP contribution is -2.50. The fraction of sp³-hybridized carbons (Fsp3) is 0.276. The molecule has 1 aliphatic carbocycles. The molecule has 0 radical (unpaired) electrons. The number of fused-ring (bicyclic) bond motifs is 6. The van der Waals surface area contributed by atoms with Crippen LogP contribution in [0.25, 0.3) is 32.7 Å². The second-order valence-electron chi connectivity index (χ2n) is 18.3. The molecule has 75 heavy (non-hydrogen) atoms. The topological polar surface area (TPSA) is 201 Å². The third-order valence-electron chi connectivity index (χ3n) is 13.6. The quantitative estimate of drug-likeness (QED) is 0.0287. The van der Waals surface area contributed by atoms with Gasteiger partial charge in [0, 0.05) is 32.8 Å². The van der Waals surface area contributed by atoms with Crippen LogP contribution in [0.1, 0.15) is 73.4 Å². The Kier molecular flexibility index (Phi) is 14.2. The summed E-state index contributed by atoms with van der Waals surface area (Å²) >= 11 is 0. The molecule has 2 aromatic heterocycles. The molecule has 1 fully saturated rings. The van der Waals surface area contributed by atoms with Gasteiger partial charge in [0.15, 0.2) is 29.5 Å². The smallest absolute Gasteiger partial charge is 0.303 e. The number of nitrogens with one attached hydrogen (secondary N) is 1. The van der Waals surface area contributed by atoms with Gasteiger partial charge in [-0.1, -0.05) is 116 Å². The summed E-state index contributed by atoms with van der Waals surface area (Å²) in [5, 5.41) is 18.7. The van der Waals surface area contributed by atoms with Gasteiger partial charge in [-0.05, 0) is 68.1 Å². The van der Waals surface area contributed by atoms with Crippen molar-refractivity contribution in [3.05, 3.63) is 174 Å². The van der Waals surface area contributed by atoms with E-state index in [0.717, 1.165) is 38.2 Å². The van der Waals surface area contributed by atoms with Crippen molar-refractivity contribution in [2.24, 2.45) is 0 Å². The predicted octanol–water partition coefficient (Wildman–Crippen LogP) is 9.01. The van der Waals surface area contributed by atoms with Gasteiger partial charge >= 0.3 is 17.9 Å². The summed E-state index contributed by atoms with van der Waals surface area (Å²) in [5.74, 6) is -0.579. The second-order valence-corrected chi connectivity index (χ2v) is 18.3. The van der Waals surface area contributed by atoms with Crippen LogP contribution in [0.15, 0.2) is 146 Å². The Balaban J connectivity index is 1.05. The molecule has 7 atom stereocenters. The molecule has 8 aromatic rings. The average molecular weight is 1010 g/mol. The molecule has 1 saturated heterocycles. The lowest BCUT2D eigenvalue weighted by molar-refractivity contribution is -0.187. The van der Waals surface area contributed by atoms with E-state index in [1.54, 1.807) is 31.2 Å². The first kappa shape index (κ1) is 50.2. The van der Waals surface area contributed by atoms with Crippen molar-refractivity contribution in [3.63, 3.8) is 0 Å². The number of rotatable bonds is 17.